The molecule has 2 unspecified atom stereocenters. The molecular weight excluding hydrogens is 1050 g/mol. The number of aromatic nitrogens is 1. The maximum atomic E-state index is 15.7. The first-order valence-electron chi connectivity index (χ1n) is 29.9. The smallest absolute Gasteiger partial charge is 0.342 e. The standard InChI is InChI=1S/C62H84N6O12Si/c1-7-58(74)37-41-38-61(56(72)77-5,52-43(22-27-66(39-41)40-58)42-17-10-11-18-46(42)64-52)45-35-44-47(36-48(45)76-4)65(3)54-60(44)24-28-67-26-16-23-59(8-2,53(60)67)55(62(54,75)57(73)78-6)80-81(32-13-9-14-33-81)34-15-12-19-49(69)63-25-30-79-31-29-68-50(70)20-21-51(68)71/h10-11,16-18,20-21,23,35-36,41,53-55,64,74-75H,7-9,12-15,19,22,24-34,37-40H2,1-6H3,(H,63,69)/t41-,53-,54?,55+,58-,59+,60+,61-,62-/m0/s1. The van der Waals surface area contributed by atoms with E-state index in [9.17, 15) is 24.6 Å². The van der Waals surface area contributed by atoms with Crippen LogP contribution in [0.4, 0.5) is 5.69 Å². The molecule has 438 valence electrons. The summed E-state index contributed by atoms with van der Waals surface area (Å²) in [6.07, 6.45) is 13.9. The van der Waals surface area contributed by atoms with Crippen LogP contribution >= 0.6 is 0 Å². The van der Waals surface area contributed by atoms with Gasteiger partial charge in [0.1, 0.15) is 11.2 Å². The highest BCUT2D eigenvalue weighted by atomic mass is 28.4. The van der Waals surface area contributed by atoms with E-state index in [1.807, 2.05) is 32.2 Å². The second-order valence-corrected chi connectivity index (χ2v) is 28.9. The molecule has 1 saturated carbocycles. The molecule has 81 heavy (non-hydrogen) atoms. The Morgan fingerprint density at radius 1 is 0.889 bits per heavy atom. The van der Waals surface area contributed by atoms with Crippen LogP contribution in [0.2, 0.25) is 18.1 Å². The number of benzene rings is 2. The van der Waals surface area contributed by atoms with Crippen molar-refractivity contribution >= 4 is 54.6 Å². The molecule has 1 aliphatic carbocycles. The van der Waals surface area contributed by atoms with Crippen molar-refractivity contribution in [3.05, 3.63) is 83.1 Å². The van der Waals surface area contributed by atoms with Gasteiger partial charge in [0.15, 0.2) is 8.32 Å². The van der Waals surface area contributed by atoms with E-state index in [4.69, 9.17) is 23.4 Å². The fourth-order valence-corrected chi connectivity index (χ4v) is 21.9. The summed E-state index contributed by atoms with van der Waals surface area (Å²) < 4.78 is 32.0. The van der Waals surface area contributed by atoms with Crippen molar-refractivity contribution in [2.45, 2.75) is 149 Å². The van der Waals surface area contributed by atoms with Crippen LogP contribution in [0.3, 0.4) is 0 Å². The van der Waals surface area contributed by atoms with E-state index >= 15 is 9.59 Å². The van der Waals surface area contributed by atoms with Gasteiger partial charge in [-0.25, -0.2) is 4.79 Å². The number of hydrogen-bond acceptors (Lipinski definition) is 15. The lowest BCUT2D eigenvalue weighted by atomic mass is 9.47. The van der Waals surface area contributed by atoms with Crippen molar-refractivity contribution in [2.75, 3.05) is 92.3 Å². The number of carbonyl (C=O) groups excluding carboxylic acids is 5. The number of H-pyrrole nitrogens is 1. The Kier molecular flexibility index (Phi) is 15.8. The van der Waals surface area contributed by atoms with E-state index in [2.05, 4.69) is 62.3 Å². The van der Waals surface area contributed by atoms with Crippen molar-refractivity contribution < 1.29 is 57.6 Å². The number of methoxy groups -OCH3 is 3. The minimum Gasteiger partial charge on any atom is -0.496 e. The number of fused-ring (bicyclic) bond motifs is 6. The summed E-state index contributed by atoms with van der Waals surface area (Å²) in [7, 11) is 3.66. The van der Waals surface area contributed by atoms with Gasteiger partial charge in [-0.3, -0.25) is 33.9 Å². The van der Waals surface area contributed by atoms with Crippen LogP contribution in [0.15, 0.2) is 60.7 Å². The molecule has 2 bridgehead atoms. The first-order valence-corrected chi connectivity index (χ1v) is 32.4. The lowest BCUT2D eigenvalue weighted by Crippen LogP contribution is -2.82. The molecule has 3 amide bonds. The molecule has 7 aliphatic heterocycles. The number of esters is 2. The fourth-order valence-electron chi connectivity index (χ4n) is 17.2. The molecule has 4 N–H and O–H groups in total. The van der Waals surface area contributed by atoms with E-state index in [1.165, 1.54) is 26.4 Å². The number of unbranched alkanes of at least 4 members (excludes halogenated alkanes) is 1. The number of imide groups is 1. The number of aliphatic hydroxyl groups is 2. The number of likely N-dealkylation sites (N-methyl/N-ethyl adjacent to an activating group) is 1. The highest BCUT2D eigenvalue weighted by Gasteiger charge is 2.80. The first-order chi connectivity index (χ1) is 39.0. The molecule has 19 heteroatoms. The minimum atomic E-state index is -2.76. The number of amides is 3. The lowest BCUT2D eigenvalue weighted by Gasteiger charge is -2.65. The summed E-state index contributed by atoms with van der Waals surface area (Å²) in [4.78, 5) is 79.9. The third-order valence-electron chi connectivity index (χ3n) is 20.7. The van der Waals surface area contributed by atoms with Crippen LogP contribution in [0.25, 0.3) is 10.9 Å². The third kappa shape index (κ3) is 9.30. The number of piperidine rings is 1. The summed E-state index contributed by atoms with van der Waals surface area (Å²) in [6.45, 7) is 8.42. The van der Waals surface area contributed by atoms with Crippen LogP contribution in [0, 0.1) is 11.3 Å². The quantitative estimate of drug-likeness (QED) is 0.0367. The van der Waals surface area contributed by atoms with Crippen molar-refractivity contribution in [1.29, 1.82) is 0 Å². The Morgan fingerprint density at radius 2 is 1.65 bits per heavy atom. The third-order valence-corrected chi connectivity index (χ3v) is 25.2. The number of para-hydroxylation sites is 1. The van der Waals surface area contributed by atoms with Crippen molar-refractivity contribution in [2.24, 2.45) is 11.3 Å². The van der Waals surface area contributed by atoms with Gasteiger partial charge in [-0.1, -0.05) is 69.9 Å². The lowest BCUT2D eigenvalue weighted by molar-refractivity contribution is -0.214. The number of rotatable bonds is 19. The van der Waals surface area contributed by atoms with Crippen molar-refractivity contribution in [1.82, 2.24) is 25.0 Å². The summed E-state index contributed by atoms with van der Waals surface area (Å²) >= 11 is 0. The van der Waals surface area contributed by atoms with Crippen molar-refractivity contribution in [3.8, 4) is 5.75 Å². The fraction of sp³-hybridized carbons (Fsp3) is 0.629. The van der Waals surface area contributed by atoms with E-state index in [0.717, 1.165) is 82.1 Å². The molecule has 8 aliphatic rings. The zero-order chi connectivity index (χ0) is 57.1. The van der Waals surface area contributed by atoms with E-state index < -0.39 is 59.8 Å². The number of aromatic amines is 1. The Hall–Kier alpha value is -5.41. The predicted octanol–water partition coefficient (Wildman–Crippen LogP) is 5.80. The normalized spacial score (nSPS) is 32.8. The van der Waals surface area contributed by atoms with Gasteiger partial charge >= 0.3 is 11.9 Å². The number of ether oxygens (including phenoxy) is 4. The molecule has 18 nitrogen and oxygen atoms in total. The molecule has 1 spiro atoms. The molecule has 3 aromatic rings. The zero-order valence-corrected chi connectivity index (χ0v) is 49.3. The average Bonchev–Trinajstić information content (AvgIpc) is 4.38. The number of nitrogens with zero attached hydrogens (tertiary/aromatic N) is 4. The monoisotopic (exact) mass is 1130 g/mol. The summed E-state index contributed by atoms with van der Waals surface area (Å²) in [5.41, 5.74) is -1.23. The first kappa shape index (κ1) is 57.4. The van der Waals surface area contributed by atoms with Crippen LogP contribution in [-0.2, 0) is 59.9 Å². The van der Waals surface area contributed by atoms with Crippen molar-refractivity contribution in [3.63, 3.8) is 0 Å². The van der Waals surface area contributed by atoms with Gasteiger partial charge in [0.05, 0.1) is 58.8 Å². The second-order valence-electron chi connectivity index (χ2n) is 24.8. The summed E-state index contributed by atoms with van der Waals surface area (Å²) in [5, 5.41) is 30.5. The van der Waals surface area contributed by atoms with E-state index in [-0.39, 0.29) is 49.4 Å². The van der Waals surface area contributed by atoms with E-state index in [1.54, 1.807) is 7.11 Å². The van der Waals surface area contributed by atoms with E-state index in [0.29, 0.717) is 102 Å². The SMILES string of the molecule is CC[C@]1(O)C[C@@H]2CN(CCc3c([nH]c4ccccc34)[C@@](C(=O)OC)(c3cc4c(cc3OC)N(C)C3[C@]45CCN4CC=C[C@@](CC)([C@@H](O[Si]6(CCCCC(=O)NCCOCCN7C(=O)C=CC7=O)CCCCC6)[C@]3(O)C(=O)OC)[C@H]45)C2)C1. The summed E-state index contributed by atoms with van der Waals surface area (Å²) in [6, 6.07) is 13.8. The maximum Gasteiger partial charge on any atom is 0.342 e. The van der Waals surface area contributed by atoms with Gasteiger partial charge in [0, 0.05) is 109 Å². The molecular formula is C62H84N6O12Si. The highest BCUT2D eigenvalue weighted by molar-refractivity contribution is 6.74. The van der Waals surface area contributed by atoms with Gasteiger partial charge < -0.3 is 48.8 Å². The number of anilines is 1. The second kappa shape index (κ2) is 22.3. The molecule has 2 aromatic carbocycles. The Morgan fingerprint density at radius 3 is 2.38 bits per heavy atom. The topological polar surface area (TPSA) is 213 Å². The summed E-state index contributed by atoms with van der Waals surface area (Å²) in [5.74, 6) is -1.59. The zero-order valence-electron chi connectivity index (χ0n) is 48.3. The van der Waals surface area contributed by atoms with Gasteiger partial charge in [0.2, 0.25) is 11.5 Å². The number of carbonyl (C=O) groups is 5. The van der Waals surface area contributed by atoms with Gasteiger partial charge in [-0.05, 0) is 98.8 Å². The molecule has 3 saturated heterocycles. The Labute approximate surface area is 477 Å². The van der Waals surface area contributed by atoms with Crippen LogP contribution < -0.4 is 15.0 Å². The Bertz CT molecular complexity index is 2980. The maximum absolute atomic E-state index is 15.7. The van der Waals surface area contributed by atoms with Crippen LogP contribution in [0.5, 0.6) is 5.75 Å². The molecule has 4 fully saturated rings. The van der Waals surface area contributed by atoms with Crippen LogP contribution in [-0.4, -0.2) is 185 Å². The number of nitrogens with one attached hydrogen (secondary N) is 2. The Balaban J connectivity index is 0.960. The average molecular weight is 1130 g/mol. The number of hydrogen-bond donors (Lipinski definition) is 4. The molecule has 11 rings (SSSR count). The minimum absolute atomic E-state index is 0.0903. The van der Waals surface area contributed by atoms with Gasteiger partial charge in [0.25, 0.3) is 11.8 Å². The molecule has 8 heterocycles. The molecule has 0 radical (unpaired) electrons. The molecule has 1 aromatic heterocycles. The van der Waals surface area contributed by atoms with Gasteiger partial charge in [-0.2, -0.15) is 0 Å². The highest BCUT2D eigenvalue weighted by Crippen LogP contribution is 2.69. The largest absolute Gasteiger partial charge is 0.496 e. The molecule has 10 atom stereocenters. The van der Waals surface area contributed by atoms with Gasteiger partial charge in [-0.15, -0.1) is 0 Å². The predicted molar refractivity (Wildman–Crippen MR) is 307 cm³/mol. The van der Waals surface area contributed by atoms with Crippen LogP contribution in [0.1, 0.15) is 107 Å².